The van der Waals surface area contributed by atoms with Crippen LogP contribution < -0.4 is 4.57 Å². The zero-order valence-electron chi connectivity index (χ0n) is 22.0. The Morgan fingerprint density at radius 2 is 1.72 bits per heavy atom. The van der Waals surface area contributed by atoms with E-state index in [4.69, 9.17) is 9.90 Å². The van der Waals surface area contributed by atoms with Gasteiger partial charge in [-0.2, -0.15) is 0 Å². The molecule has 0 unspecified atom stereocenters. The summed E-state index contributed by atoms with van der Waals surface area (Å²) in [5.74, 6) is -0.551. The van der Waals surface area contributed by atoms with Crippen LogP contribution in [0, 0.1) is 12.7 Å². The van der Waals surface area contributed by atoms with Crippen molar-refractivity contribution in [1.82, 2.24) is 4.90 Å². The zero-order chi connectivity index (χ0) is 25.6. The molecule has 3 heterocycles. The number of hydrogen-bond acceptors (Lipinski definition) is 2. The Kier molecular flexibility index (Phi) is 3.36. The molecule has 0 amide bonds. The van der Waals surface area contributed by atoms with Gasteiger partial charge in [0.15, 0.2) is 6.20 Å². The second kappa shape index (κ2) is 7.01. The van der Waals surface area contributed by atoms with E-state index in [-0.39, 0.29) is 22.3 Å². The Labute approximate surface area is 191 Å². The summed E-state index contributed by atoms with van der Waals surface area (Å²) in [6.07, 6.45) is 1.96. The van der Waals surface area contributed by atoms with Crippen LogP contribution in [0.1, 0.15) is 22.2 Å². The molecule has 1 aliphatic rings. The Morgan fingerprint density at radius 1 is 0.938 bits per heavy atom. The fourth-order valence-corrected chi connectivity index (χ4v) is 4.68. The van der Waals surface area contributed by atoms with Crippen molar-refractivity contribution >= 4 is 21.9 Å². The van der Waals surface area contributed by atoms with E-state index >= 15 is 4.39 Å². The number of aromatic nitrogens is 1. The molecule has 4 heteroatoms. The number of pyridine rings is 1. The highest BCUT2D eigenvalue weighted by molar-refractivity contribution is 6.13. The summed E-state index contributed by atoms with van der Waals surface area (Å²) in [6, 6.07) is 17.8. The highest BCUT2D eigenvalue weighted by Crippen LogP contribution is 2.43. The van der Waals surface area contributed by atoms with Gasteiger partial charge in [-0.3, -0.25) is 4.90 Å². The van der Waals surface area contributed by atoms with Crippen LogP contribution in [0.2, 0.25) is 0 Å². The molecule has 3 aromatic carbocycles. The molecular formula is C28H24FN2O+. The van der Waals surface area contributed by atoms with Gasteiger partial charge >= 0.3 is 0 Å². The lowest BCUT2D eigenvalue weighted by Crippen LogP contribution is -2.30. The van der Waals surface area contributed by atoms with Crippen LogP contribution in [-0.2, 0) is 20.0 Å². The van der Waals surface area contributed by atoms with Crippen molar-refractivity contribution in [3.63, 3.8) is 0 Å². The first kappa shape index (κ1) is 15.3. The Morgan fingerprint density at radius 3 is 2.53 bits per heavy atom. The molecule has 3 nitrogen and oxygen atoms in total. The molecule has 0 spiro atoms. The van der Waals surface area contributed by atoms with E-state index in [1.54, 1.807) is 24.3 Å². The molecule has 0 saturated heterocycles. The van der Waals surface area contributed by atoms with Gasteiger partial charge in [-0.25, -0.2) is 8.96 Å². The van der Waals surface area contributed by atoms with Gasteiger partial charge in [-0.15, -0.1) is 0 Å². The summed E-state index contributed by atoms with van der Waals surface area (Å²) >= 11 is 0. The Balaban J connectivity index is 1.73. The quantitative estimate of drug-likeness (QED) is 0.316. The standard InChI is InChI=1S/C28H24FN2O/c1-17-10-11-20-21-12-13-23(29)26(19-8-6-7-18-15-30(2)16-22(18)19)28(21)32-27(20)25(17)24-9-4-5-14-31(24)3/h4-14H,15-16H2,1-3H3/q+1/i15D2,16D2. The number of fused-ring (bicyclic) bond motifs is 4. The minimum absolute atomic E-state index is 0.121. The molecule has 0 radical (unpaired) electrons. The van der Waals surface area contributed by atoms with Crippen LogP contribution in [0.15, 0.2) is 71.3 Å². The summed E-state index contributed by atoms with van der Waals surface area (Å²) in [6.45, 7) is -2.18. The fourth-order valence-electron chi connectivity index (χ4n) is 4.68. The molecule has 32 heavy (non-hydrogen) atoms. The first-order valence-electron chi connectivity index (χ1n) is 12.5. The first-order valence-corrected chi connectivity index (χ1v) is 10.5. The number of benzene rings is 3. The smallest absolute Gasteiger partial charge is 0.216 e. The molecule has 5 aromatic rings. The van der Waals surface area contributed by atoms with E-state index in [0.29, 0.717) is 16.6 Å². The predicted octanol–water partition coefficient (Wildman–Crippen LogP) is 6.14. The maximum atomic E-state index is 15.6. The van der Waals surface area contributed by atoms with Gasteiger partial charge in [0.25, 0.3) is 0 Å². The maximum absolute atomic E-state index is 15.6. The summed E-state index contributed by atoms with van der Waals surface area (Å²) in [7, 11) is 3.36. The van der Waals surface area contributed by atoms with E-state index in [2.05, 4.69) is 0 Å². The lowest BCUT2D eigenvalue weighted by atomic mass is 9.94. The molecule has 158 valence electrons. The molecule has 0 saturated carbocycles. The van der Waals surface area contributed by atoms with Gasteiger partial charge in [-0.05, 0) is 54.4 Å². The second-order valence-corrected chi connectivity index (χ2v) is 8.24. The highest BCUT2D eigenvalue weighted by Gasteiger charge is 2.26. The van der Waals surface area contributed by atoms with Crippen molar-refractivity contribution in [2.45, 2.75) is 19.9 Å². The number of rotatable bonds is 2. The van der Waals surface area contributed by atoms with E-state index in [9.17, 15) is 0 Å². The summed E-state index contributed by atoms with van der Waals surface area (Å²) in [5, 5.41) is 1.55. The lowest BCUT2D eigenvalue weighted by Gasteiger charge is -2.10. The van der Waals surface area contributed by atoms with Gasteiger partial charge in [0, 0.05) is 41.4 Å². The maximum Gasteiger partial charge on any atom is 0.216 e. The van der Waals surface area contributed by atoms with Crippen LogP contribution in [0.3, 0.4) is 0 Å². The van der Waals surface area contributed by atoms with Crippen LogP contribution in [-0.4, -0.2) is 11.9 Å². The van der Waals surface area contributed by atoms with Crippen molar-refractivity contribution in [3.05, 3.63) is 89.4 Å². The molecule has 6 rings (SSSR count). The topological polar surface area (TPSA) is 20.3 Å². The third kappa shape index (κ3) is 2.73. The molecular weight excluding hydrogens is 399 g/mol. The van der Waals surface area contributed by atoms with Crippen molar-refractivity contribution in [3.8, 4) is 22.4 Å². The van der Waals surface area contributed by atoms with Crippen LogP contribution in [0.25, 0.3) is 44.3 Å². The first-order chi connectivity index (χ1) is 17.0. The average Bonchev–Trinajstić information content (AvgIpc) is 3.27. The van der Waals surface area contributed by atoms with Gasteiger partial charge in [-0.1, -0.05) is 30.3 Å². The Bertz CT molecular complexity index is 1710. The molecule has 0 bridgehead atoms. The number of aryl methyl sites for hydroxylation is 2. The largest absolute Gasteiger partial charge is 0.454 e. The number of hydrogen-bond donors (Lipinski definition) is 0. The van der Waals surface area contributed by atoms with Crippen molar-refractivity contribution in [2.24, 2.45) is 7.05 Å². The average molecular weight is 428 g/mol. The molecule has 0 atom stereocenters. The van der Waals surface area contributed by atoms with E-state index in [1.165, 1.54) is 13.1 Å². The molecule has 0 fully saturated rings. The van der Waals surface area contributed by atoms with Gasteiger partial charge < -0.3 is 4.42 Å². The summed E-state index contributed by atoms with van der Waals surface area (Å²) < 4.78 is 58.5. The SMILES string of the molecule is [2H]C1([2H])c2cccc(-c3c(F)ccc4c3oc3c(-c5cccc[n+]5C)c(C)ccc34)c2C([2H])([2H])N1C. The minimum Gasteiger partial charge on any atom is -0.454 e. The fraction of sp³-hybridized carbons (Fsp3) is 0.179. The molecule has 0 aliphatic carbocycles. The highest BCUT2D eigenvalue weighted by atomic mass is 19.1. The molecule has 0 N–H and O–H groups in total. The van der Waals surface area contributed by atoms with Crippen LogP contribution in [0.5, 0.6) is 0 Å². The molecule has 1 aliphatic heterocycles. The number of nitrogens with zero attached hydrogens (tertiary/aromatic N) is 2. The monoisotopic (exact) mass is 427 g/mol. The van der Waals surface area contributed by atoms with Crippen molar-refractivity contribution in [2.75, 3.05) is 7.05 Å². The van der Waals surface area contributed by atoms with Gasteiger partial charge in [0.1, 0.15) is 24.0 Å². The van der Waals surface area contributed by atoms with E-state index < -0.39 is 18.8 Å². The van der Waals surface area contributed by atoms with E-state index in [0.717, 1.165) is 27.1 Å². The number of furan rings is 1. The lowest BCUT2D eigenvalue weighted by molar-refractivity contribution is -0.660. The Hall–Kier alpha value is -3.50. The number of halogens is 1. The minimum atomic E-state index is -2.14. The third-order valence-electron chi connectivity index (χ3n) is 6.18. The van der Waals surface area contributed by atoms with E-state index in [1.807, 2.05) is 55.1 Å². The van der Waals surface area contributed by atoms with Crippen LogP contribution >= 0.6 is 0 Å². The molecule has 2 aromatic heterocycles. The van der Waals surface area contributed by atoms with Crippen molar-refractivity contribution in [1.29, 1.82) is 0 Å². The second-order valence-electron chi connectivity index (χ2n) is 8.24. The van der Waals surface area contributed by atoms with Crippen molar-refractivity contribution < 1.29 is 18.9 Å². The van der Waals surface area contributed by atoms with Gasteiger partial charge in [0.05, 0.1) is 11.1 Å². The third-order valence-corrected chi connectivity index (χ3v) is 6.18. The predicted molar refractivity (Wildman–Crippen MR) is 126 cm³/mol. The summed E-state index contributed by atoms with van der Waals surface area (Å²) in [5.41, 5.74) is 4.54. The normalized spacial score (nSPS) is 18.9. The summed E-state index contributed by atoms with van der Waals surface area (Å²) in [4.78, 5) is 1.04. The van der Waals surface area contributed by atoms with Crippen LogP contribution in [0.4, 0.5) is 4.39 Å². The zero-order valence-corrected chi connectivity index (χ0v) is 18.0. The van der Waals surface area contributed by atoms with Gasteiger partial charge in [0.2, 0.25) is 5.69 Å².